The van der Waals surface area contributed by atoms with Gasteiger partial charge >= 0.3 is 10.1 Å². The molecule has 0 saturated heterocycles. The topological polar surface area (TPSA) is 63.7 Å². The summed E-state index contributed by atoms with van der Waals surface area (Å²) in [5.41, 5.74) is 0.723. The number of amides is 1. The van der Waals surface area contributed by atoms with Crippen LogP contribution >= 0.6 is 11.6 Å². The van der Waals surface area contributed by atoms with Crippen molar-refractivity contribution in [1.29, 1.82) is 0 Å². The van der Waals surface area contributed by atoms with Gasteiger partial charge in [0.2, 0.25) is 0 Å². The van der Waals surface area contributed by atoms with Crippen LogP contribution in [0.1, 0.15) is 35.7 Å². The van der Waals surface area contributed by atoms with Gasteiger partial charge in [0.1, 0.15) is 11.6 Å². The fourth-order valence-corrected chi connectivity index (χ4v) is 3.54. The number of hydrogen-bond donors (Lipinski definition) is 0. The van der Waals surface area contributed by atoms with Crippen molar-refractivity contribution in [3.8, 4) is 5.75 Å². The standard InChI is InChI=1S/C20H21ClFNO4S/c1-2-28(25,26)27-19-9-8-17(21)10-16(19)13-23(12-14-6-7-14)20(24)15-4-3-5-18(22)11-15/h3-5,8-11,14H,2,6-7,12-13H2,1H3. The maximum atomic E-state index is 13.6. The molecular formula is C20H21ClFNO4S. The van der Waals surface area contributed by atoms with E-state index in [1.165, 1.54) is 37.3 Å². The van der Waals surface area contributed by atoms with Crippen LogP contribution in [0.5, 0.6) is 5.75 Å². The van der Waals surface area contributed by atoms with Crippen molar-refractivity contribution in [2.45, 2.75) is 26.3 Å². The van der Waals surface area contributed by atoms with Crippen LogP contribution in [0.4, 0.5) is 4.39 Å². The average Bonchev–Trinajstić information content (AvgIpc) is 3.47. The van der Waals surface area contributed by atoms with Crippen LogP contribution in [0.15, 0.2) is 42.5 Å². The Balaban J connectivity index is 1.90. The predicted octanol–water partition coefficient (Wildman–Crippen LogP) is 4.26. The molecule has 1 aliphatic rings. The van der Waals surface area contributed by atoms with E-state index in [1.54, 1.807) is 17.0 Å². The third kappa shape index (κ3) is 5.45. The first-order valence-electron chi connectivity index (χ1n) is 9.03. The summed E-state index contributed by atoms with van der Waals surface area (Å²) in [6, 6.07) is 10.1. The Hall–Kier alpha value is -2.12. The lowest BCUT2D eigenvalue weighted by Gasteiger charge is -2.24. The molecule has 0 aromatic heterocycles. The van der Waals surface area contributed by atoms with E-state index in [1.807, 2.05) is 0 Å². The molecule has 1 fully saturated rings. The molecule has 0 spiro atoms. The van der Waals surface area contributed by atoms with Gasteiger partial charge in [-0.25, -0.2) is 4.39 Å². The molecule has 0 aliphatic heterocycles. The summed E-state index contributed by atoms with van der Waals surface area (Å²) >= 11 is 6.08. The maximum Gasteiger partial charge on any atom is 0.308 e. The second-order valence-corrected chi connectivity index (χ2v) is 9.12. The second-order valence-electron chi connectivity index (χ2n) is 6.82. The average molecular weight is 426 g/mol. The monoisotopic (exact) mass is 425 g/mol. The van der Waals surface area contributed by atoms with E-state index in [0.717, 1.165) is 12.8 Å². The number of benzene rings is 2. The van der Waals surface area contributed by atoms with Crippen molar-refractivity contribution < 1.29 is 21.8 Å². The Kier molecular flexibility index (Phi) is 6.25. The number of nitrogens with zero attached hydrogens (tertiary/aromatic N) is 1. The summed E-state index contributed by atoms with van der Waals surface area (Å²) < 4.78 is 42.5. The molecule has 1 aliphatic carbocycles. The summed E-state index contributed by atoms with van der Waals surface area (Å²) in [6.07, 6.45) is 2.05. The Labute approximate surface area is 169 Å². The molecule has 2 aromatic carbocycles. The number of hydrogen-bond acceptors (Lipinski definition) is 4. The normalized spacial score (nSPS) is 14.0. The Bertz CT molecular complexity index is 976. The molecule has 0 N–H and O–H groups in total. The zero-order valence-electron chi connectivity index (χ0n) is 15.4. The van der Waals surface area contributed by atoms with E-state index in [0.29, 0.717) is 23.0 Å². The lowest BCUT2D eigenvalue weighted by atomic mass is 10.1. The maximum absolute atomic E-state index is 13.6. The quantitative estimate of drug-likeness (QED) is 0.593. The Morgan fingerprint density at radius 2 is 2.00 bits per heavy atom. The highest BCUT2D eigenvalue weighted by Gasteiger charge is 2.28. The van der Waals surface area contributed by atoms with Crippen LogP contribution in [0, 0.1) is 11.7 Å². The highest BCUT2D eigenvalue weighted by Crippen LogP contribution is 2.32. The molecule has 0 radical (unpaired) electrons. The molecular weight excluding hydrogens is 405 g/mol. The van der Waals surface area contributed by atoms with Gasteiger partial charge in [-0.05, 0) is 62.1 Å². The second kappa shape index (κ2) is 8.49. The Morgan fingerprint density at radius 1 is 1.25 bits per heavy atom. The van der Waals surface area contributed by atoms with Crippen molar-refractivity contribution in [2.75, 3.05) is 12.3 Å². The van der Waals surface area contributed by atoms with Gasteiger partial charge in [-0.3, -0.25) is 4.79 Å². The number of carbonyl (C=O) groups excluding carboxylic acids is 1. The smallest absolute Gasteiger partial charge is 0.308 e. The van der Waals surface area contributed by atoms with Crippen LogP contribution in [-0.4, -0.2) is 31.5 Å². The van der Waals surface area contributed by atoms with Crippen LogP contribution in [0.2, 0.25) is 5.02 Å². The lowest BCUT2D eigenvalue weighted by Crippen LogP contribution is -2.32. The van der Waals surface area contributed by atoms with Gasteiger partial charge in [-0.15, -0.1) is 0 Å². The van der Waals surface area contributed by atoms with E-state index >= 15 is 0 Å². The van der Waals surface area contributed by atoms with Crippen LogP contribution in [-0.2, 0) is 16.7 Å². The lowest BCUT2D eigenvalue weighted by molar-refractivity contribution is 0.0734. The van der Waals surface area contributed by atoms with Gasteiger partial charge in [0.15, 0.2) is 0 Å². The molecule has 0 atom stereocenters. The number of halogens is 2. The molecule has 8 heteroatoms. The minimum atomic E-state index is -3.73. The van der Waals surface area contributed by atoms with Crippen molar-refractivity contribution in [2.24, 2.45) is 5.92 Å². The summed E-state index contributed by atoms with van der Waals surface area (Å²) in [5.74, 6) is -0.462. The zero-order valence-corrected chi connectivity index (χ0v) is 17.0. The van der Waals surface area contributed by atoms with Crippen molar-refractivity contribution >= 4 is 27.6 Å². The van der Waals surface area contributed by atoms with Gasteiger partial charge in [-0.2, -0.15) is 8.42 Å². The molecule has 1 amide bonds. The molecule has 3 rings (SSSR count). The van der Waals surface area contributed by atoms with Crippen LogP contribution < -0.4 is 4.18 Å². The molecule has 0 heterocycles. The van der Waals surface area contributed by atoms with E-state index < -0.39 is 15.9 Å². The molecule has 2 aromatic rings. The fourth-order valence-electron chi connectivity index (χ4n) is 2.79. The van der Waals surface area contributed by atoms with Gasteiger partial charge in [0, 0.05) is 29.2 Å². The first kappa shape index (κ1) is 20.6. The molecule has 150 valence electrons. The third-order valence-electron chi connectivity index (χ3n) is 4.49. The van der Waals surface area contributed by atoms with Gasteiger partial charge in [-0.1, -0.05) is 17.7 Å². The van der Waals surface area contributed by atoms with E-state index in [2.05, 4.69) is 0 Å². The minimum absolute atomic E-state index is 0.112. The van der Waals surface area contributed by atoms with E-state index in [9.17, 15) is 17.6 Å². The van der Waals surface area contributed by atoms with Gasteiger partial charge in [0.05, 0.1) is 5.75 Å². The van der Waals surface area contributed by atoms with Crippen LogP contribution in [0.3, 0.4) is 0 Å². The SMILES string of the molecule is CCS(=O)(=O)Oc1ccc(Cl)cc1CN(CC1CC1)C(=O)c1cccc(F)c1. The zero-order chi connectivity index (χ0) is 20.3. The van der Waals surface area contributed by atoms with E-state index in [4.69, 9.17) is 15.8 Å². The van der Waals surface area contributed by atoms with Crippen molar-refractivity contribution in [1.82, 2.24) is 4.90 Å². The van der Waals surface area contributed by atoms with E-state index in [-0.39, 0.29) is 29.5 Å². The highest BCUT2D eigenvalue weighted by molar-refractivity contribution is 7.87. The summed E-state index contributed by atoms with van der Waals surface area (Å²) in [6.45, 7) is 2.10. The molecule has 0 bridgehead atoms. The van der Waals surface area contributed by atoms with Crippen molar-refractivity contribution in [3.05, 3.63) is 64.4 Å². The van der Waals surface area contributed by atoms with Crippen LogP contribution in [0.25, 0.3) is 0 Å². The van der Waals surface area contributed by atoms with Crippen molar-refractivity contribution in [3.63, 3.8) is 0 Å². The molecule has 28 heavy (non-hydrogen) atoms. The summed E-state index contributed by atoms with van der Waals surface area (Å²) in [7, 11) is -3.73. The summed E-state index contributed by atoms with van der Waals surface area (Å²) in [5, 5.41) is 0.404. The highest BCUT2D eigenvalue weighted by atomic mass is 35.5. The minimum Gasteiger partial charge on any atom is -0.382 e. The molecule has 5 nitrogen and oxygen atoms in total. The first-order valence-corrected chi connectivity index (χ1v) is 11.0. The third-order valence-corrected chi connectivity index (χ3v) is 5.86. The largest absolute Gasteiger partial charge is 0.382 e. The number of rotatable bonds is 8. The first-order chi connectivity index (χ1) is 13.3. The van der Waals surface area contributed by atoms with Gasteiger partial charge < -0.3 is 9.08 Å². The predicted molar refractivity (Wildman–Crippen MR) is 105 cm³/mol. The molecule has 1 saturated carbocycles. The number of carbonyl (C=O) groups is 1. The molecule has 0 unspecified atom stereocenters. The fraction of sp³-hybridized carbons (Fsp3) is 0.350. The summed E-state index contributed by atoms with van der Waals surface area (Å²) in [4.78, 5) is 14.6. The Morgan fingerprint density at radius 3 is 2.64 bits per heavy atom. The van der Waals surface area contributed by atoms with Gasteiger partial charge in [0.25, 0.3) is 5.91 Å².